The van der Waals surface area contributed by atoms with E-state index >= 15 is 0 Å². The molecule has 0 saturated carbocycles. The van der Waals surface area contributed by atoms with Crippen LogP contribution in [-0.4, -0.2) is 31.7 Å². The highest BCUT2D eigenvalue weighted by Crippen LogP contribution is 2.24. The highest BCUT2D eigenvalue weighted by atomic mass is 127. The molecule has 1 rings (SSSR count). The van der Waals surface area contributed by atoms with Gasteiger partial charge in [-0.25, -0.2) is 4.99 Å². The smallest absolute Gasteiger partial charge is 0.191 e. The van der Waals surface area contributed by atoms with Gasteiger partial charge in [-0.3, -0.25) is 0 Å². The summed E-state index contributed by atoms with van der Waals surface area (Å²) in [4.78, 5) is 4.46. The molecule has 1 aromatic carbocycles. The van der Waals surface area contributed by atoms with Crippen molar-refractivity contribution in [2.75, 3.05) is 19.6 Å². The molecule has 20 heavy (non-hydrogen) atoms. The highest BCUT2D eigenvalue weighted by molar-refractivity contribution is 14.0. The van der Waals surface area contributed by atoms with Gasteiger partial charge in [0.15, 0.2) is 5.96 Å². The number of benzene rings is 1. The molecule has 0 heterocycles. The number of halogens is 2. The van der Waals surface area contributed by atoms with Gasteiger partial charge in [0.1, 0.15) is 11.9 Å². The van der Waals surface area contributed by atoms with E-state index in [2.05, 4.69) is 15.6 Å². The van der Waals surface area contributed by atoms with Crippen molar-refractivity contribution in [1.29, 1.82) is 0 Å². The summed E-state index contributed by atoms with van der Waals surface area (Å²) in [5.41, 5.74) is 0. The number of ether oxygens (including phenoxy) is 1. The minimum absolute atomic E-state index is 0. The van der Waals surface area contributed by atoms with Gasteiger partial charge in [0.25, 0.3) is 0 Å². The van der Waals surface area contributed by atoms with Crippen LogP contribution in [0.25, 0.3) is 0 Å². The van der Waals surface area contributed by atoms with E-state index in [0.29, 0.717) is 17.3 Å². The average Bonchev–Trinajstić information content (AvgIpc) is 2.39. The summed E-state index contributed by atoms with van der Waals surface area (Å²) in [6.45, 7) is 8.30. The molecule has 6 heteroatoms. The normalized spacial score (nSPS) is 11.0. The molecule has 0 bridgehead atoms. The van der Waals surface area contributed by atoms with Crippen molar-refractivity contribution < 1.29 is 4.74 Å². The van der Waals surface area contributed by atoms with E-state index in [1.807, 2.05) is 45.0 Å². The predicted molar refractivity (Wildman–Crippen MR) is 96.6 cm³/mol. The molecule has 0 radical (unpaired) electrons. The first kappa shape index (κ1) is 19.3. The minimum Gasteiger partial charge on any atom is -0.487 e. The van der Waals surface area contributed by atoms with Crippen molar-refractivity contribution in [3.8, 4) is 5.75 Å². The molecule has 1 atom stereocenters. The molecule has 0 aliphatic heterocycles. The maximum absolute atomic E-state index is 6.04. The summed E-state index contributed by atoms with van der Waals surface area (Å²) >= 11 is 6.04. The molecule has 1 aromatic rings. The van der Waals surface area contributed by atoms with Gasteiger partial charge < -0.3 is 15.4 Å². The minimum atomic E-state index is -0.0350. The largest absolute Gasteiger partial charge is 0.487 e. The standard InChI is InChI=1S/C14H22ClN3O.HI/c1-4-16-14(17-5-2)18-10-11(3)19-13-9-7-6-8-12(13)15;/h6-9,11H,4-5,10H2,1-3H3,(H2,16,17,18);1H. The van der Waals surface area contributed by atoms with Gasteiger partial charge in [-0.15, -0.1) is 24.0 Å². The maximum Gasteiger partial charge on any atom is 0.191 e. The van der Waals surface area contributed by atoms with Crippen LogP contribution in [0.3, 0.4) is 0 Å². The lowest BCUT2D eigenvalue weighted by Gasteiger charge is -2.15. The van der Waals surface area contributed by atoms with Gasteiger partial charge >= 0.3 is 0 Å². The molecule has 0 fully saturated rings. The Morgan fingerprint density at radius 2 is 1.85 bits per heavy atom. The summed E-state index contributed by atoms with van der Waals surface area (Å²) in [5.74, 6) is 1.50. The van der Waals surface area contributed by atoms with Gasteiger partial charge in [-0.05, 0) is 32.9 Å². The van der Waals surface area contributed by atoms with E-state index in [0.717, 1.165) is 19.0 Å². The lowest BCUT2D eigenvalue weighted by Crippen LogP contribution is -2.37. The Morgan fingerprint density at radius 1 is 1.25 bits per heavy atom. The first-order valence-corrected chi connectivity index (χ1v) is 6.98. The second kappa shape index (κ2) is 11.0. The van der Waals surface area contributed by atoms with Crippen LogP contribution < -0.4 is 15.4 Å². The molecule has 0 aliphatic carbocycles. The Morgan fingerprint density at radius 3 is 2.40 bits per heavy atom. The van der Waals surface area contributed by atoms with Crippen molar-refractivity contribution in [1.82, 2.24) is 10.6 Å². The monoisotopic (exact) mass is 411 g/mol. The van der Waals surface area contributed by atoms with Gasteiger partial charge in [0.05, 0.1) is 11.6 Å². The molecule has 2 N–H and O–H groups in total. The van der Waals surface area contributed by atoms with E-state index in [9.17, 15) is 0 Å². The number of hydrogen-bond donors (Lipinski definition) is 2. The molecule has 0 aliphatic rings. The van der Waals surface area contributed by atoms with E-state index in [1.54, 1.807) is 0 Å². The quantitative estimate of drug-likeness (QED) is 0.429. The number of hydrogen-bond acceptors (Lipinski definition) is 2. The fourth-order valence-corrected chi connectivity index (χ4v) is 1.70. The summed E-state index contributed by atoms with van der Waals surface area (Å²) in [7, 11) is 0. The number of nitrogens with one attached hydrogen (secondary N) is 2. The summed E-state index contributed by atoms with van der Waals surface area (Å²) < 4.78 is 5.76. The molecular formula is C14H23ClIN3O. The van der Waals surface area contributed by atoms with E-state index in [1.165, 1.54) is 0 Å². The number of rotatable bonds is 6. The second-order valence-corrected chi connectivity index (χ2v) is 4.52. The number of nitrogens with zero attached hydrogens (tertiary/aromatic N) is 1. The van der Waals surface area contributed by atoms with Crippen LogP contribution in [0.15, 0.2) is 29.3 Å². The van der Waals surface area contributed by atoms with Crippen LogP contribution in [0.4, 0.5) is 0 Å². The van der Waals surface area contributed by atoms with E-state index in [4.69, 9.17) is 16.3 Å². The van der Waals surface area contributed by atoms with Crippen molar-refractivity contribution in [3.05, 3.63) is 29.3 Å². The van der Waals surface area contributed by atoms with Crippen LogP contribution in [0.2, 0.25) is 5.02 Å². The predicted octanol–water partition coefficient (Wildman–Crippen LogP) is 3.30. The fraction of sp³-hybridized carbons (Fsp3) is 0.500. The SMILES string of the molecule is CCNC(=NCC(C)Oc1ccccc1Cl)NCC.I. The molecule has 0 amide bonds. The van der Waals surface area contributed by atoms with E-state index in [-0.39, 0.29) is 30.1 Å². The maximum atomic E-state index is 6.04. The van der Waals surface area contributed by atoms with E-state index < -0.39 is 0 Å². The average molecular weight is 412 g/mol. The number of para-hydroxylation sites is 1. The zero-order valence-electron chi connectivity index (χ0n) is 12.1. The van der Waals surface area contributed by atoms with Crippen molar-refractivity contribution in [2.45, 2.75) is 26.9 Å². The Labute approximate surface area is 143 Å². The van der Waals surface area contributed by atoms with Crippen LogP contribution in [0.1, 0.15) is 20.8 Å². The van der Waals surface area contributed by atoms with Gasteiger partial charge in [-0.1, -0.05) is 23.7 Å². The Kier molecular flexibility index (Phi) is 10.6. The van der Waals surface area contributed by atoms with Crippen LogP contribution >= 0.6 is 35.6 Å². The van der Waals surface area contributed by atoms with Crippen molar-refractivity contribution in [3.63, 3.8) is 0 Å². The van der Waals surface area contributed by atoms with Gasteiger partial charge in [0.2, 0.25) is 0 Å². The Hall–Kier alpha value is -0.690. The highest BCUT2D eigenvalue weighted by Gasteiger charge is 2.06. The molecule has 0 aromatic heterocycles. The Balaban J connectivity index is 0.00000361. The molecule has 114 valence electrons. The second-order valence-electron chi connectivity index (χ2n) is 4.11. The van der Waals surface area contributed by atoms with Crippen LogP contribution in [0.5, 0.6) is 5.75 Å². The zero-order chi connectivity index (χ0) is 14.1. The van der Waals surface area contributed by atoms with Gasteiger partial charge in [-0.2, -0.15) is 0 Å². The lowest BCUT2D eigenvalue weighted by molar-refractivity contribution is 0.230. The first-order chi connectivity index (χ1) is 9.17. The molecule has 1 unspecified atom stereocenters. The summed E-state index contributed by atoms with van der Waals surface area (Å²) in [6.07, 6.45) is -0.0350. The molecule has 0 spiro atoms. The lowest BCUT2D eigenvalue weighted by atomic mass is 10.3. The fourth-order valence-electron chi connectivity index (χ4n) is 1.52. The zero-order valence-corrected chi connectivity index (χ0v) is 15.2. The third-order valence-electron chi connectivity index (χ3n) is 2.36. The van der Waals surface area contributed by atoms with Crippen LogP contribution in [0, 0.1) is 0 Å². The van der Waals surface area contributed by atoms with Crippen LogP contribution in [-0.2, 0) is 0 Å². The number of guanidine groups is 1. The van der Waals surface area contributed by atoms with Crippen molar-refractivity contribution >= 4 is 41.5 Å². The molecular weight excluding hydrogens is 389 g/mol. The summed E-state index contributed by atoms with van der Waals surface area (Å²) in [5, 5.41) is 6.96. The third kappa shape index (κ3) is 7.19. The van der Waals surface area contributed by atoms with Crippen molar-refractivity contribution in [2.24, 2.45) is 4.99 Å². The molecule has 0 saturated heterocycles. The summed E-state index contributed by atoms with van der Waals surface area (Å²) in [6, 6.07) is 7.46. The van der Waals surface area contributed by atoms with Gasteiger partial charge in [0, 0.05) is 13.1 Å². The number of aliphatic imine (C=N–C) groups is 1. The molecule has 4 nitrogen and oxygen atoms in total. The first-order valence-electron chi connectivity index (χ1n) is 6.60. The topological polar surface area (TPSA) is 45.7 Å². The Bertz CT molecular complexity index is 407. The third-order valence-corrected chi connectivity index (χ3v) is 2.67.